The molecule has 0 aromatic heterocycles. The van der Waals surface area contributed by atoms with Crippen LogP contribution in [0.1, 0.15) is 29.8 Å². The summed E-state index contributed by atoms with van der Waals surface area (Å²) in [5.74, 6) is -0.871. The Kier molecular flexibility index (Phi) is 4.49. The molecule has 27 heavy (non-hydrogen) atoms. The maximum absolute atomic E-state index is 13.0. The van der Waals surface area contributed by atoms with Crippen LogP contribution in [0.25, 0.3) is 0 Å². The van der Waals surface area contributed by atoms with Gasteiger partial charge in [-0.15, -0.1) is 0 Å². The molecule has 0 aliphatic heterocycles. The molecule has 3 rings (SSSR count). The van der Waals surface area contributed by atoms with E-state index < -0.39 is 16.5 Å². The molecule has 6 heteroatoms. The SMILES string of the molecule is C=C(C)C(=O)OC1(C)C2=CC=CC([N+](=O)[O-])=CC=C2C(=O)c2ccccc21. The van der Waals surface area contributed by atoms with Gasteiger partial charge in [-0.2, -0.15) is 0 Å². The van der Waals surface area contributed by atoms with E-state index in [1.165, 1.54) is 24.3 Å². The molecule has 0 amide bonds. The summed E-state index contributed by atoms with van der Waals surface area (Å²) in [6.07, 6.45) is 7.05. The third kappa shape index (κ3) is 3.06. The van der Waals surface area contributed by atoms with Crippen LogP contribution < -0.4 is 0 Å². The van der Waals surface area contributed by atoms with Crippen molar-refractivity contribution < 1.29 is 19.2 Å². The Hall–Kier alpha value is -3.54. The van der Waals surface area contributed by atoms with Gasteiger partial charge in [0.15, 0.2) is 11.4 Å². The average Bonchev–Trinajstić information content (AvgIpc) is 2.59. The molecule has 1 unspecified atom stereocenters. The van der Waals surface area contributed by atoms with Crippen molar-refractivity contribution >= 4 is 11.8 Å². The number of carbonyl (C=O) groups is 2. The first kappa shape index (κ1) is 18.3. The Bertz CT molecular complexity index is 1010. The van der Waals surface area contributed by atoms with Gasteiger partial charge in [0.25, 0.3) is 5.70 Å². The van der Waals surface area contributed by atoms with Gasteiger partial charge in [-0.25, -0.2) is 4.79 Å². The van der Waals surface area contributed by atoms with Crippen molar-refractivity contribution in [2.45, 2.75) is 19.4 Å². The molecule has 6 nitrogen and oxygen atoms in total. The fourth-order valence-corrected chi connectivity index (χ4v) is 3.15. The number of allylic oxidation sites excluding steroid dienone is 5. The Balaban J connectivity index is 2.26. The second-order valence-corrected chi connectivity index (χ2v) is 6.45. The molecule has 0 fully saturated rings. The van der Waals surface area contributed by atoms with Crippen LogP contribution >= 0.6 is 0 Å². The van der Waals surface area contributed by atoms with Crippen LogP contribution in [0.15, 0.2) is 83.6 Å². The number of hydrogen-bond donors (Lipinski definition) is 0. The number of ketones is 1. The van der Waals surface area contributed by atoms with Gasteiger partial charge < -0.3 is 4.74 Å². The molecule has 0 spiro atoms. The standard InChI is InChI=1S/C21H17NO5/c1-13(2)20(24)27-21(3)17-9-5-4-8-15(17)19(23)16-12-11-14(22(25)26)7-6-10-18(16)21/h4-12H,1H2,2-3H3. The lowest BCUT2D eigenvalue weighted by Gasteiger charge is -2.38. The van der Waals surface area contributed by atoms with Crippen LogP contribution in [0.3, 0.4) is 0 Å². The monoisotopic (exact) mass is 363 g/mol. The number of esters is 1. The Morgan fingerprint density at radius 1 is 1.22 bits per heavy atom. The van der Waals surface area contributed by atoms with Gasteiger partial charge in [0.1, 0.15) is 0 Å². The number of fused-ring (bicyclic) bond motifs is 2. The molecule has 136 valence electrons. The second kappa shape index (κ2) is 6.64. The van der Waals surface area contributed by atoms with E-state index in [-0.39, 0.29) is 22.6 Å². The van der Waals surface area contributed by atoms with Gasteiger partial charge in [0.2, 0.25) is 0 Å². The van der Waals surface area contributed by atoms with Gasteiger partial charge in [0.05, 0.1) is 4.92 Å². The number of carbonyl (C=O) groups excluding carboxylic acids is 2. The maximum Gasteiger partial charge on any atom is 0.334 e. The molecule has 0 N–H and O–H groups in total. The van der Waals surface area contributed by atoms with Crippen LogP contribution in [0.4, 0.5) is 0 Å². The van der Waals surface area contributed by atoms with Gasteiger partial charge in [-0.1, -0.05) is 43.0 Å². The first-order chi connectivity index (χ1) is 12.8. The van der Waals surface area contributed by atoms with Crippen molar-refractivity contribution in [3.05, 3.63) is 105 Å². The van der Waals surface area contributed by atoms with Crippen LogP contribution in [0, 0.1) is 10.1 Å². The number of ether oxygens (including phenoxy) is 1. The minimum Gasteiger partial charge on any atom is -0.446 e. The molecule has 0 saturated carbocycles. The van der Waals surface area contributed by atoms with E-state index in [1.807, 2.05) is 0 Å². The van der Waals surface area contributed by atoms with Crippen molar-refractivity contribution in [2.24, 2.45) is 0 Å². The van der Waals surface area contributed by atoms with E-state index in [2.05, 4.69) is 6.58 Å². The zero-order chi connectivity index (χ0) is 19.8. The molecule has 1 aromatic carbocycles. The topological polar surface area (TPSA) is 86.5 Å². The molecule has 0 bridgehead atoms. The largest absolute Gasteiger partial charge is 0.446 e. The molecule has 2 aliphatic carbocycles. The quantitative estimate of drug-likeness (QED) is 0.353. The lowest BCUT2D eigenvalue weighted by atomic mass is 9.72. The number of hydrogen-bond acceptors (Lipinski definition) is 5. The lowest BCUT2D eigenvalue weighted by molar-refractivity contribution is -0.419. The molecule has 0 heterocycles. The van der Waals surface area contributed by atoms with E-state index in [0.717, 1.165) is 0 Å². The third-order valence-corrected chi connectivity index (χ3v) is 4.54. The predicted molar refractivity (Wildman–Crippen MR) is 99.4 cm³/mol. The summed E-state index contributed by atoms with van der Waals surface area (Å²) in [7, 11) is 0. The highest BCUT2D eigenvalue weighted by atomic mass is 16.6. The number of Topliss-reactive ketones (excluding diaryl/α,β-unsaturated/α-hetero) is 1. The molecular weight excluding hydrogens is 346 g/mol. The summed E-state index contributed by atoms with van der Waals surface area (Å²) in [5, 5.41) is 11.1. The Morgan fingerprint density at radius 2 is 1.93 bits per heavy atom. The maximum atomic E-state index is 13.0. The van der Waals surface area contributed by atoms with Gasteiger partial charge in [-0.05, 0) is 19.9 Å². The first-order valence-corrected chi connectivity index (χ1v) is 8.24. The molecule has 0 radical (unpaired) electrons. The van der Waals surface area contributed by atoms with Crippen molar-refractivity contribution in [1.29, 1.82) is 0 Å². The number of nitrogens with zero attached hydrogens (tertiary/aromatic N) is 1. The summed E-state index contributed by atoms with van der Waals surface area (Å²) >= 11 is 0. The van der Waals surface area contributed by atoms with E-state index >= 15 is 0 Å². The van der Waals surface area contributed by atoms with Crippen molar-refractivity contribution in [1.82, 2.24) is 0 Å². The van der Waals surface area contributed by atoms with Crippen molar-refractivity contribution in [2.75, 3.05) is 0 Å². The van der Waals surface area contributed by atoms with Gasteiger partial charge >= 0.3 is 5.97 Å². The molecule has 0 saturated heterocycles. The number of rotatable bonds is 3. The zero-order valence-corrected chi connectivity index (χ0v) is 14.9. The Labute approximate surface area is 156 Å². The van der Waals surface area contributed by atoms with Crippen LogP contribution in [-0.2, 0) is 15.1 Å². The van der Waals surface area contributed by atoms with Crippen LogP contribution in [0.5, 0.6) is 0 Å². The number of benzene rings is 1. The normalized spacial score (nSPS) is 20.8. The predicted octanol–water partition coefficient (Wildman–Crippen LogP) is 3.80. The Morgan fingerprint density at radius 3 is 2.59 bits per heavy atom. The molecule has 2 aliphatic rings. The van der Waals surface area contributed by atoms with Crippen molar-refractivity contribution in [3.8, 4) is 0 Å². The van der Waals surface area contributed by atoms with E-state index in [0.29, 0.717) is 16.7 Å². The zero-order valence-electron chi connectivity index (χ0n) is 14.9. The van der Waals surface area contributed by atoms with Gasteiger partial charge in [0, 0.05) is 40.0 Å². The van der Waals surface area contributed by atoms with E-state index in [1.54, 1.807) is 44.2 Å². The fourth-order valence-electron chi connectivity index (χ4n) is 3.15. The third-order valence-electron chi connectivity index (χ3n) is 4.54. The molecular formula is C21H17NO5. The van der Waals surface area contributed by atoms with E-state index in [9.17, 15) is 19.7 Å². The van der Waals surface area contributed by atoms with E-state index in [4.69, 9.17) is 4.74 Å². The highest BCUT2D eigenvalue weighted by Crippen LogP contribution is 2.45. The smallest absolute Gasteiger partial charge is 0.334 e. The summed E-state index contributed by atoms with van der Waals surface area (Å²) in [6, 6.07) is 6.86. The minimum absolute atomic E-state index is 0.148. The van der Waals surface area contributed by atoms with Gasteiger partial charge in [-0.3, -0.25) is 14.9 Å². The average molecular weight is 363 g/mol. The van der Waals surface area contributed by atoms with Crippen LogP contribution in [-0.4, -0.2) is 16.7 Å². The number of nitro groups is 1. The first-order valence-electron chi connectivity index (χ1n) is 8.24. The van der Waals surface area contributed by atoms with Crippen molar-refractivity contribution in [3.63, 3.8) is 0 Å². The fraction of sp³-hybridized carbons (Fsp3) is 0.143. The molecule has 1 atom stereocenters. The second-order valence-electron chi connectivity index (χ2n) is 6.45. The lowest BCUT2D eigenvalue weighted by Crippen LogP contribution is -2.39. The summed E-state index contributed by atoms with van der Waals surface area (Å²) < 4.78 is 5.77. The summed E-state index contributed by atoms with van der Waals surface area (Å²) in [6.45, 7) is 6.86. The summed E-state index contributed by atoms with van der Waals surface area (Å²) in [5.41, 5.74) is 0.485. The highest BCUT2D eigenvalue weighted by molar-refractivity contribution is 6.15. The van der Waals surface area contributed by atoms with Crippen LogP contribution in [0.2, 0.25) is 0 Å². The minimum atomic E-state index is -1.24. The highest BCUT2D eigenvalue weighted by Gasteiger charge is 2.45. The molecule has 1 aromatic rings. The summed E-state index contributed by atoms with van der Waals surface area (Å²) in [4.78, 5) is 35.9.